The molecule has 5 heteroatoms. The van der Waals surface area contributed by atoms with Crippen LogP contribution < -0.4 is 5.73 Å². The molecule has 0 aliphatic carbocycles. The molecular formula is C9H18N2O3. The molecule has 0 saturated heterocycles. The van der Waals surface area contributed by atoms with Gasteiger partial charge in [0.25, 0.3) is 0 Å². The van der Waals surface area contributed by atoms with Crippen LogP contribution in [0.15, 0.2) is 0 Å². The zero-order chi connectivity index (χ0) is 11.3. The van der Waals surface area contributed by atoms with E-state index < -0.39 is 12.0 Å². The minimum absolute atomic E-state index is 0.0188. The molecule has 0 aliphatic heterocycles. The number of amides is 1. The quantitative estimate of drug-likeness (QED) is 0.652. The first-order valence-electron chi connectivity index (χ1n) is 4.66. The average Bonchev–Trinajstić information content (AvgIpc) is 2.11. The SMILES string of the molecule is CCN(CC(=O)O)C(=O)[C@@H](N)C(C)C. The third kappa shape index (κ3) is 3.74. The van der Waals surface area contributed by atoms with Crippen molar-refractivity contribution in [3.8, 4) is 0 Å². The van der Waals surface area contributed by atoms with E-state index in [1.54, 1.807) is 6.92 Å². The zero-order valence-corrected chi connectivity index (χ0v) is 8.86. The van der Waals surface area contributed by atoms with Crippen LogP contribution in [0.25, 0.3) is 0 Å². The number of carbonyl (C=O) groups is 2. The minimum Gasteiger partial charge on any atom is -0.480 e. The molecule has 0 rings (SSSR count). The molecule has 0 aromatic rings. The van der Waals surface area contributed by atoms with Crippen LogP contribution in [0.4, 0.5) is 0 Å². The van der Waals surface area contributed by atoms with Crippen molar-refractivity contribution >= 4 is 11.9 Å². The van der Waals surface area contributed by atoms with Gasteiger partial charge in [0.2, 0.25) is 5.91 Å². The van der Waals surface area contributed by atoms with Crippen molar-refractivity contribution in [1.29, 1.82) is 0 Å². The number of hydrogen-bond donors (Lipinski definition) is 2. The topological polar surface area (TPSA) is 83.6 Å². The average molecular weight is 202 g/mol. The van der Waals surface area contributed by atoms with E-state index >= 15 is 0 Å². The third-order valence-corrected chi connectivity index (χ3v) is 2.02. The summed E-state index contributed by atoms with van der Waals surface area (Å²) in [6.07, 6.45) is 0. The van der Waals surface area contributed by atoms with Crippen molar-refractivity contribution < 1.29 is 14.7 Å². The van der Waals surface area contributed by atoms with Gasteiger partial charge in [-0.2, -0.15) is 0 Å². The van der Waals surface area contributed by atoms with Crippen molar-refractivity contribution in [3.05, 3.63) is 0 Å². The van der Waals surface area contributed by atoms with Crippen molar-refractivity contribution in [1.82, 2.24) is 4.90 Å². The molecule has 0 radical (unpaired) electrons. The van der Waals surface area contributed by atoms with E-state index in [1.165, 1.54) is 4.90 Å². The zero-order valence-electron chi connectivity index (χ0n) is 8.86. The summed E-state index contributed by atoms with van der Waals surface area (Å²) in [4.78, 5) is 23.3. The molecule has 0 bridgehead atoms. The van der Waals surface area contributed by atoms with E-state index in [9.17, 15) is 9.59 Å². The van der Waals surface area contributed by atoms with Crippen molar-refractivity contribution in [3.63, 3.8) is 0 Å². The fourth-order valence-corrected chi connectivity index (χ4v) is 1.00. The molecule has 82 valence electrons. The monoisotopic (exact) mass is 202 g/mol. The number of likely N-dealkylation sites (N-methyl/N-ethyl adjacent to an activating group) is 1. The van der Waals surface area contributed by atoms with Gasteiger partial charge >= 0.3 is 5.97 Å². The molecule has 1 amide bonds. The molecule has 0 spiro atoms. The molecule has 1 atom stereocenters. The highest BCUT2D eigenvalue weighted by atomic mass is 16.4. The van der Waals surface area contributed by atoms with Crippen LogP contribution in [0.2, 0.25) is 0 Å². The number of aliphatic carboxylic acids is 1. The molecule has 0 fully saturated rings. The highest BCUT2D eigenvalue weighted by molar-refractivity contribution is 5.85. The first-order chi connectivity index (χ1) is 6.40. The lowest BCUT2D eigenvalue weighted by atomic mass is 10.0. The molecule has 0 heterocycles. The normalized spacial score (nSPS) is 12.6. The Morgan fingerprint density at radius 3 is 2.21 bits per heavy atom. The molecule has 0 aromatic heterocycles. The molecular weight excluding hydrogens is 184 g/mol. The van der Waals surface area contributed by atoms with Gasteiger partial charge < -0.3 is 15.7 Å². The van der Waals surface area contributed by atoms with Gasteiger partial charge in [-0.3, -0.25) is 9.59 Å². The van der Waals surface area contributed by atoms with Crippen LogP contribution in [0.3, 0.4) is 0 Å². The fraction of sp³-hybridized carbons (Fsp3) is 0.778. The van der Waals surface area contributed by atoms with Gasteiger partial charge in [-0.05, 0) is 12.8 Å². The Labute approximate surface area is 83.9 Å². The van der Waals surface area contributed by atoms with E-state index in [1.807, 2.05) is 13.8 Å². The summed E-state index contributed by atoms with van der Waals surface area (Å²) in [6.45, 7) is 5.48. The van der Waals surface area contributed by atoms with Gasteiger partial charge in [0.15, 0.2) is 0 Å². The highest BCUT2D eigenvalue weighted by Crippen LogP contribution is 2.03. The Kier molecular flexibility index (Phi) is 5.15. The summed E-state index contributed by atoms with van der Waals surface area (Å²) in [5.41, 5.74) is 5.63. The standard InChI is InChI=1S/C9H18N2O3/c1-4-11(5-7(12)13)9(14)8(10)6(2)3/h6,8H,4-5,10H2,1-3H3,(H,12,13)/t8-/m0/s1. The fourth-order valence-electron chi connectivity index (χ4n) is 1.00. The number of rotatable bonds is 5. The first-order valence-corrected chi connectivity index (χ1v) is 4.66. The summed E-state index contributed by atoms with van der Waals surface area (Å²) >= 11 is 0. The van der Waals surface area contributed by atoms with E-state index in [0.29, 0.717) is 6.54 Å². The molecule has 0 saturated carbocycles. The molecule has 3 N–H and O–H groups in total. The Bertz CT molecular complexity index is 216. The summed E-state index contributed by atoms with van der Waals surface area (Å²) < 4.78 is 0. The largest absolute Gasteiger partial charge is 0.480 e. The smallest absolute Gasteiger partial charge is 0.323 e. The van der Waals surface area contributed by atoms with Crippen LogP contribution in [0.5, 0.6) is 0 Å². The molecule has 14 heavy (non-hydrogen) atoms. The maximum Gasteiger partial charge on any atom is 0.323 e. The lowest BCUT2D eigenvalue weighted by Gasteiger charge is -2.24. The van der Waals surface area contributed by atoms with Crippen molar-refractivity contribution in [2.75, 3.05) is 13.1 Å². The maximum atomic E-state index is 11.6. The van der Waals surface area contributed by atoms with Gasteiger partial charge in [0, 0.05) is 6.54 Å². The van der Waals surface area contributed by atoms with Crippen molar-refractivity contribution in [2.24, 2.45) is 11.7 Å². The second-order valence-electron chi connectivity index (χ2n) is 3.52. The second kappa shape index (κ2) is 5.59. The summed E-state index contributed by atoms with van der Waals surface area (Å²) in [5, 5.41) is 8.55. The molecule has 0 aliphatic rings. The van der Waals surface area contributed by atoms with Gasteiger partial charge in [-0.25, -0.2) is 0 Å². The van der Waals surface area contributed by atoms with Gasteiger partial charge in [-0.1, -0.05) is 13.8 Å². The first kappa shape index (κ1) is 12.9. The van der Waals surface area contributed by atoms with Crippen LogP contribution in [-0.2, 0) is 9.59 Å². The van der Waals surface area contributed by atoms with E-state index in [0.717, 1.165) is 0 Å². The third-order valence-electron chi connectivity index (χ3n) is 2.02. The molecule has 5 nitrogen and oxygen atoms in total. The summed E-state index contributed by atoms with van der Waals surface area (Å²) in [7, 11) is 0. The minimum atomic E-state index is -1.02. The molecule has 0 aromatic carbocycles. The van der Waals surface area contributed by atoms with E-state index in [-0.39, 0.29) is 18.4 Å². The summed E-state index contributed by atoms with van der Waals surface area (Å²) in [5.74, 6) is -1.30. The van der Waals surface area contributed by atoms with E-state index in [2.05, 4.69) is 0 Å². The van der Waals surface area contributed by atoms with E-state index in [4.69, 9.17) is 10.8 Å². The number of carboxylic acids is 1. The Morgan fingerprint density at radius 1 is 1.43 bits per heavy atom. The van der Waals surface area contributed by atoms with Gasteiger partial charge in [0.05, 0.1) is 6.04 Å². The Balaban J connectivity index is 4.38. The maximum absolute atomic E-state index is 11.6. The number of carbonyl (C=O) groups excluding carboxylic acids is 1. The number of nitrogens with zero attached hydrogens (tertiary/aromatic N) is 1. The number of hydrogen-bond acceptors (Lipinski definition) is 3. The predicted molar refractivity (Wildman–Crippen MR) is 52.7 cm³/mol. The highest BCUT2D eigenvalue weighted by Gasteiger charge is 2.23. The Morgan fingerprint density at radius 2 is 1.93 bits per heavy atom. The van der Waals surface area contributed by atoms with Gasteiger partial charge in [-0.15, -0.1) is 0 Å². The lowest BCUT2D eigenvalue weighted by molar-refractivity contribution is -0.145. The van der Waals surface area contributed by atoms with Crippen LogP contribution >= 0.6 is 0 Å². The second-order valence-corrected chi connectivity index (χ2v) is 3.52. The van der Waals surface area contributed by atoms with Crippen LogP contribution in [0.1, 0.15) is 20.8 Å². The van der Waals surface area contributed by atoms with Crippen LogP contribution in [0, 0.1) is 5.92 Å². The summed E-state index contributed by atoms with van der Waals surface area (Å²) in [6, 6.07) is -0.616. The van der Waals surface area contributed by atoms with Gasteiger partial charge in [0.1, 0.15) is 6.54 Å². The lowest BCUT2D eigenvalue weighted by Crippen LogP contribution is -2.48. The predicted octanol–water partition coefficient (Wildman–Crippen LogP) is -0.0972. The molecule has 0 unspecified atom stereocenters. The Hall–Kier alpha value is -1.10. The number of nitrogens with two attached hydrogens (primary N) is 1. The number of carboxylic acid groups (broad SMARTS) is 1. The van der Waals surface area contributed by atoms with Crippen molar-refractivity contribution in [2.45, 2.75) is 26.8 Å². The van der Waals surface area contributed by atoms with Crippen LogP contribution in [-0.4, -0.2) is 41.0 Å².